The van der Waals surface area contributed by atoms with Crippen LogP contribution in [0.3, 0.4) is 0 Å². The highest BCUT2D eigenvalue weighted by Crippen LogP contribution is 2.49. The van der Waals surface area contributed by atoms with Crippen molar-refractivity contribution in [2.75, 3.05) is 25.0 Å². The van der Waals surface area contributed by atoms with E-state index in [1.54, 1.807) is 6.07 Å². The molecule has 8 heteroatoms. The molecule has 2 aliphatic rings. The fourth-order valence-corrected chi connectivity index (χ4v) is 3.85. The summed E-state index contributed by atoms with van der Waals surface area (Å²) in [5.41, 5.74) is 0.303. The minimum Gasteiger partial charge on any atom is -0.354 e. The smallest absolute Gasteiger partial charge is 0.226 e. The van der Waals surface area contributed by atoms with E-state index in [0.717, 1.165) is 31.3 Å². The zero-order valence-corrected chi connectivity index (χ0v) is 15.2. The van der Waals surface area contributed by atoms with Crippen LogP contribution in [0.4, 0.5) is 19.1 Å². The number of nitrogens with zero attached hydrogens (tertiary/aromatic N) is 3. The number of piperidine rings is 1. The monoisotopic (exact) mass is 390 g/mol. The summed E-state index contributed by atoms with van der Waals surface area (Å²) in [6.45, 7) is 1.95. The Morgan fingerprint density at radius 3 is 2.57 bits per heavy atom. The van der Waals surface area contributed by atoms with Gasteiger partial charge in [0.2, 0.25) is 11.9 Å². The molecule has 148 valence electrons. The van der Waals surface area contributed by atoms with Crippen molar-refractivity contribution in [2.45, 2.75) is 25.2 Å². The lowest BCUT2D eigenvalue weighted by Crippen LogP contribution is -2.41. The van der Waals surface area contributed by atoms with Gasteiger partial charge in [-0.05, 0) is 42.7 Å². The Morgan fingerprint density at radius 2 is 1.86 bits per heavy atom. The molecule has 0 bridgehead atoms. The van der Waals surface area contributed by atoms with E-state index in [4.69, 9.17) is 0 Å². The van der Waals surface area contributed by atoms with Gasteiger partial charge in [0.05, 0.1) is 12.4 Å². The fourth-order valence-electron chi connectivity index (χ4n) is 3.85. The predicted octanol–water partition coefficient (Wildman–Crippen LogP) is 3.35. The van der Waals surface area contributed by atoms with Crippen molar-refractivity contribution < 1.29 is 18.0 Å². The van der Waals surface area contributed by atoms with Gasteiger partial charge in [-0.25, -0.2) is 23.1 Å². The summed E-state index contributed by atoms with van der Waals surface area (Å²) in [6.07, 6.45) is 4.48. The van der Waals surface area contributed by atoms with Gasteiger partial charge in [0.1, 0.15) is 0 Å². The minimum absolute atomic E-state index is 0.0296. The largest absolute Gasteiger partial charge is 0.354 e. The van der Waals surface area contributed by atoms with Crippen LogP contribution in [0.1, 0.15) is 30.7 Å². The maximum atomic E-state index is 13.9. The van der Waals surface area contributed by atoms with Gasteiger partial charge >= 0.3 is 0 Å². The van der Waals surface area contributed by atoms with Crippen molar-refractivity contribution in [1.82, 2.24) is 14.9 Å². The van der Waals surface area contributed by atoms with E-state index in [-0.39, 0.29) is 17.7 Å². The van der Waals surface area contributed by atoms with Crippen LogP contribution in [-0.4, -0.2) is 40.4 Å². The Balaban J connectivity index is 1.25. The molecule has 4 rings (SSSR count). The zero-order valence-electron chi connectivity index (χ0n) is 15.2. The Morgan fingerprint density at radius 1 is 1.14 bits per heavy atom. The summed E-state index contributed by atoms with van der Waals surface area (Å²) in [4.78, 5) is 22.3. The van der Waals surface area contributed by atoms with Crippen molar-refractivity contribution in [1.29, 1.82) is 0 Å². The Labute approximate surface area is 161 Å². The lowest BCUT2D eigenvalue weighted by molar-refractivity contribution is -0.134. The number of halogens is 3. The standard InChI is InChI=1S/C20H21F3N4O/c21-13-10-25-20(26-11-13)24-9-12-4-6-27(7-5-12)19(28)16-8-15(16)14-2-1-3-17(22)18(14)23/h1-3,10-12,15-16H,4-9H2,(H,24,25,26)/t15-,16+/m0/s1. The minimum atomic E-state index is -0.867. The average molecular weight is 390 g/mol. The van der Waals surface area contributed by atoms with Gasteiger partial charge in [-0.3, -0.25) is 4.79 Å². The van der Waals surface area contributed by atoms with Crippen LogP contribution in [0, 0.1) is 29.3 Å². The molecule has 1 saturated heterocycles. The van der Waals surface area contributed by atoms with E-state index < -0.39 is 17.5 Å². The predicted molar refractivity (Wildman–Crippen MR) is 97.0 cm³/mol. The number of rotatable bonds is 5. The van der Waals surface area contributed by atoms with Gasteiger partial charge in [-0.2, -0.15) is 0 Å². The summed E-state index contributed by atoms with van der Waals surface area (Å²) in [7, 11) is 0. The second-order valence-corrected chi connectivity index (χ2v) is 7.47. The number of amides is 1. The highest BCUT2D eigenvalue weighted by atomic mass is 19.2. The van der Waals surface area contributed by atoms with Crippen LogP contribution >= 0.6 is 0 Å². The van der Waals surface area contributed by atoms with Crippen molar-refractivity contribution in [2.24, 2.45) is 11.8 Å². The highest BCUT2D eigenvalue weighted by Gasteiger charge is 2.47. The van der Waals surface area contributed by atoms with Crippen LogP contribution in [0.15, 0.2) is 30.6 Å². The molecule has 1 amide bonds. The third kappa shape index (κ3) is 3.95. The van der Waals surface area contributed by atoms with Gasteiger partial charge < -0.3 is 10.2 Å². The van der Waals surface area contributed by atoms with Crippen LogP contribution in [-0.2, 0) is 4.79 Å². The van der Waals surface area contributed by atoms with Gasteiger partial charge in [-0.1, -0.05) is 12.1 Å². The average Bonchev–Trinajstić information content (AvgIpc) is 3.50. The SMILES string of the molecule is O=C([C@@H]1C[C@H]1c1cccc(F)c1F)N1CCC(CNc2ncc(F)cn2)CC1. The number of aromatic nitrogens is 2. The molecule has 2 fully saturated rings. The maximum absolute atomic E-state index is 13.9. The molecule has 1 aromatic heterocycles. The van der Waals surface area contributed by atoms with Crippen molar-refractivity contribution in [3.63, 3.8) is 0 Å². The topological polar surface area (TPSA) is 58.1 Å². The quantitative estimate of drug-likeness (QED) is 0.851. The molecule has 2 aromatic rings. The highest BCUT2D eigenvalue weighted by molar-refractivity contribution is 5.83. The molecule has 1 aliphatic heterocycles. The first-order chi connectivity index (χ1) is 13.5. The maximum Gasteiger partial charge on any atom is 0.226 e. The summed E-state index contributed by atoms with van der Waals surface area (Å²) in [6, 6.07) is 4.14. The second kappa shape index (κ2) is 7.77. The van der Waals surface area contributed by atoms with E-state index in [9.17, 15) is 18.0 Å². The summed E-state index contributed by atoms with van der Waals surface area (Å²) in [5, 5.41) is 3.09. The molecule has 0 radical (unpaired) electrons. The summed E-state index contributed by atoms with van der Waals surface area (Å²) < 4.78 is 40.2. The third-order valence-corrected chi connectivity index (χ3v) is 5.58. The van der Waals surface area contributed by atoms with Crippen LogP contribution in [0.25, 0.3) is 0 Å². The van der Waals surface area contributed by atoms with E-state index >= 15 is 0 Å². The zero-order chi connectivity index (χ0) is 19.7. The van der Waals surface area contributed by atoms with E-state index in [0.29, 0.717) is 43.5 Å². The van der Waals surface area contributed by atoms with Gasteiger partial charge in [-0.15, -0.1) is 0 Å². The molecule has 0 spiro atoms. The number of carbonyl (C=O) groups excluding carboxylic acids is 1. The first-order valence-electron chi connectivity index (χ1n) is 9.47. The van der Waals surface area contributed by atoms with Crippen LogP contribution in [0.2, 0.25) is 0 Å². The number of nitrogens with one attached hydrogen (secondary N) is 1. The molecule has 28 heavy (non-hydrogen) atoms. The number of anilines is 1. The Hall–Kier alpha value is -2.64. The number of hydrogen-bond acceptors (Lipinski definition) is 4. The van der Waals surface area contributed by atoms with Crippen molar-refractivity contribution in [3.8, 4) is 0 Å². The number of likely N-dealkylation sites (tertiary alicyclic amines) is 1. The summed E-state index contributed by atoms with van der Waals surface area (Å²) in [5.74, 6) is -1.87. The van der Waals surface area contributed by atoms with Gasteiger partial charge in [0, 0.05) is 25.6 Å². The second-order valence-electron chi connectivity index (χ2n) is 7.47. The lowest BCUT2D eigenvalue weighted by Gasteiger charge is -2.32. The van der Waals surface area contributed by atoms with Crippen molar-refractivity contribution in [3.05, 3.63) is 53.6 Å². The van der Waals surface area contributed by atoms with Gasteiger partial charge in [0.25, 0.3) is 0 Å². The lowest BCUT2D eigenvalue weighted by atomic mass is 9.96. The molecule has 1 saturated carbocycles. The molecule has 0 unspecified atom stereocenters. The molecule has 1 aromatic carbocycles. The third-order valence-electron chi connectivity index (χ3n) is 5.58. The normalized spacial score (nSPS) is 22.2. The molecule has 1 N–H and O–H groups in total. The molecule has 5 nitrogen and oxygen atoms in total. The number of carbonyl (C=O) groups is 1. The van der Waals surface area contributed by atoms with E-state index in [1.165, 1.54) is 6.07 Å². The van der Waals surface area contributed by atoms with Gasteiger partial charge in [0.15, 0.2) is 17.5 Å². The van der Waals surface area contributed by atoms with Crippen molar-refractivity contribution >= 4 is 11.9 Å². The van der Waals surface area contributed by atoms with E-state index in [2.05, 4.69) is 15.3 Å². The van der Waals surface area contributed by atoms with Crippen LogP contribution in [0.5, 0.6) is 0 Å². The molecule has 1 aliphatic carbocycles. The molecular weight excluding hydrogens is 369 g/mol. The molecule has 2 atom stereocenters. The number of benzene rings is 1. The first-order valence-corrected chi connectivity index (χ1v) is 9.47. The number of hydrogen-bond donors (Lipinski definition) is 1. The fraction of sp³-hybridized carbons (Fsp3) is 0.450. The Bertz CT molecular complexity index is 853. The Kier molecular flexibility index (Phi) is 5.19. The van der Waals surface area contributed by atoms with Crippen LogP contribution < -0.4 is 5.32 Å². The first kappa shape index (κ1) is 18.7. The van der Waals surface area contributed by atoms with E-state index in [1.807, 2.05) is 4.90 Å². The summed E-state index contributed by atoms with van der Waals surface area (Å²) >= 11 is 0. The molecular formula is C20H21F3N4O. The molecule has 2 heterocycles.